The summed E-state index contributed by atoms with van der Waals surface area (Å²) in [6.45, 7) is 1.82. The zero-order valence-electron chi connectivity index (χ0n) is 12.4. The quantitative estimate of drug-likeness (QED) is 0.477. The zero-order valence-corrected chi connectivity index (χ0v) is 13.3. The predicted molar refractivity (Wildman–Crippen MR) is 89.8 cm³/mol. The van der Waals surface area contributed by atoms with Crippen molar-refractivity contribution in [2.24, 2.45) is 15.9 Å². The summed E-state index contributed by atoms with van der Waals surface area (Å²) in [5, 5.41) is 4.62. The van der Waals surface area contributed by atoms with Crippen LogP contribution >= 0.6 is 11.8 Å². The summed E-state index contributed by atoms with van der Waals surface area (Å²) in [6, 6.07) is 4.46. The van der Waals surface area contributed by atoms with Gasteiger partial charge >= 0.3 is 0 Å². The topological polar surface area (TPSA) is 89.9 Å². The smallest absolute Gasteiger partial charge is 0.198 e. The summed E-state index contributed by atoms with van der Waals surface area (Å²) >= 11 is 1.16. The Balaban J connectivity index is 2.38. The van der Waals surface area contributed by atoms with Gasteiger partial charge in [0.2, 0.25) is 0 Å². The van der Waals surface area contributed by atoms with E-state index in [1.165, 1.54) is 12.1 Å². The summed E-state index contributed by atoms with van der Waals surface area (Å²) < 4.78 is 32.5. The number of hydrogen-bond acceptors (Lipinski definition) is 6. The highest BCUT2D eigenvalue weighted by atomic mass is 32.2. The molecule has 0 bridgehead atoms. The number of aromatic nitrogens is 1. The van der Waals surface area contributed by atoms with E-state index in [1.54, 1.807) is 11.5 Å². The van der Waals surface area contributed by atoms with Gasteiger partial charge in [-0.05, 0) is 29.6 Å². The highest BCUT2D eigenvalue weighted by molar-refractivity contribution is 8.16. The Morgan fingerprint density at radius 3 is 2.71 bits per heavy atom. The first-order chi connectivity index (χ1) is 11.5. The molecule has 0 spiro atoms. The lowest BCUT2D eigenvalue weighted by atomic mass is 10.3. The molecule has 0 aliphatic carbocycles. The Hall–Kier alpha value is -2.81. The maximum Gasteiger partial charge on any atom is 0.198 e. The number of hydrogen-bond donors (Lipinski definition) is 1. The zero-order chi connectivity index (χ0) is 17.5. The van der Waals surface area contributed by atoms with E-state index in [1.807, 2.05) is 6.92 Å². The molecule has 2 aromatic rings. The Kier molecular flexibility index (Phi) is 5.96. The molecule has 0 saturated heterocycles. The lowest BCUT2D eigenvalue weighted by Gasteiger charge is -2.09. The first-order valence-corrected chi connectivity index (χ1v) is 7.50. The van der Waals surface area contributed by atoms with Crippen LogP contribution in [-0.4, -0.2) is 10.2 Å². The largest absolute Gasteiger partial charge is 0.449 e. The van der Waals surface area contributed by atoms with E-state index >= 15 is 0 Å². The second kappa shape index (κ2) is 8.16. The molecule has 0 atom stereocenters. The van der Waals surface area contributed by atoms with Gasteiger partial charge < -0.3 is 10.5 Å². The van der Waals surface area contributed by atoms with Crippen LogP contribution in [0.1, 0.15) is 6.92 Å². The van der Waals surface area contributed by atoms with Crippen molar-refractivity contribution in [1.82, 2.24) is 4.98 Å². The van der Waals surface area contributed by atoms with Gasteiger partial charge in [-0.15, -0.1) is 4.91 Å². The Morgan fingerprint density at radius 1 is 1.38 bits per heavy atom. The molecule has 6 nitrogen and oxygen atoms in total. The van der Waals surface area contributed by atoms with E-state index in [9.17, 15) is 13.7 Å². The highest BCUT2D eigenvalue weighted by Crippen LogP contribution is 2.35. The number of halogens is 2. The van der Waals surface area contributed by atoms with Crippen molar-refractivity contribution in [1.29, 1.82) is 0 Å². The summed E-state index contributed by atoms with van der Waals surface area (Å²) in [6.07, 6.45) is 2.85. The van der Waals surface area contributed by atoms with Crippen LogP contribution in [0.2, 0.25) is 0 Å². The average molecular weight is 350 g/mol. The van der Waals surface area contributed by atoms with Crippen LogP contribution < -0.4 is 10.5 Å². The summed E-state index contributed by atoms with van der Waals surface area (Å²) in [7, 11) is 0. The fourth-order valence-electron chi connectivity index (χ4n) is 1.60. The van der Waals surface area contributed by atoms with E-state index in [-0.39, 0.29) is 22.4 Å². The van der Waals surface area contributed by atoms with Crippen LogP contribution in [0.5, 0.6) is 11.5 Å². The molecular weight excluding hydrogens is 338 g/mol. The molecule has 0 aliphatic heterocycles. The fourth-order valence-corrected chi connectivity index (χ4v) is 2.02. The molecule has 124 valence electrons. The molecule has 0 radical (unpaired) electrons. The minimum atomic E-state index is -0.920. The van der Waals surface area contributed by atoms with Crippen LogP contribution in [0.15, 0.2) is 52.1 Å². The van der Waals surface area contributed by atoms with Crippen molar-refractivity contribution in [3.63, 3.8) is 0 Å². The first-order valence-electron chi connectivity index (χ1n) is 6.62. The number of nitrogens with two attached hydrogens (primary N) is 1. The van der Waals surface area contributed by atoms with Crippen molar-refractivity contribution in [3.8, 4) is 11.5 Å². The monoisotopic (exact) mass is 350 g/mol. The number of ether oxygens (including phenoxy) is 1. The Labute approximate surface area is 140 Å². The number of allylic oxidation sites excluding steroid dienone is 1. The number of rotatable bonds is 5. The lowest BCUT2D eigenvalue weighted by Crippen LogP contribution is -2.04. The van der Waals surface area contributed by atoms with Gasteiger partial charge in [-0.1, -0.05) is 23.9 Å². The Morgan fingerprint density at radius 2 is 2.08 bits per heavy atom. The molecule has 9 heteroatoms. The molecule has 1 aromatic heterocycles. The third-order valence-corrected chi connectivity index (χ3v) is 3.35. The number of benzene rings is 1. The molecule has 24 heavy (non-hydrogen) atoms. The molecule has 2 N–H and O–H groups in total. The third kappa shape index (κ3) is 4.35. The number of nitroso groups, excluding NO2 is 1. The van der Waals surface area contributed by atoms with Crippen molar-refractivity contribution < 1.29 is 13.5 Å². The molecule has 0 saturated carbocycles. The number of pyridine rings is 1. The average Bonchev–Trinajstić information content (AvgIpc) is 2.56. The summed E-state index contributed by atoms with van der Waals surface area (Å²) in [5.41, 5.74) is 5.46. The highest BCUT2D eigenvalue weighted by Gasteiger charge is 2.15. The minimum Gasteiger partial charge on any atom is -0.449 e. The maximum absolute atomic E-state index is 13.7. The molecule has 0 fully saturated rings. The van der Waals surface area contributed by atoms with Gasteiger partial charge in [0.05, 0.1) is 6.20 Å². The first kappa shape index (κ1) is 17.5. The molecular formula is C15H12F2N4O2S. The minimum absolute atomic E-state index is 0.101. The van der Waals surface area contributed by atoms with E-state index in [0.717, 1.165) is 30.1 Å². The fraction of sp³-hybridized carbons (Fsp3) is 0.0667. The normalized spacial score (nSPS) is 11.7. The number of nitrogens with zero attached hydrogens (tertiary/aromatic N) is 3. The SMILES string of the molecule is C/C=C/SC(N)=Nc1cc(Oc2c(F)cccc2F)c(N=O)cn1. The summed E-state index contributed by atoms with van der Waals surface area (Å²) in [5.74, 6) is -2.58. The van der Waals surface area contributed by atoms with Gasteiger partial charge in [0, 0.05) is 6.07 Å². The van der Waals surface area contributed by atoms with Crippen LogP contribution in [0.3, 0.4) is 0 Å². The molecule has 1 heterocycles. The van der Waals surface area contributed by atoms with Crippen LogP contribution in [0.4, 0.5) is 20.3 Å². The van der Waals surface area contributed by atoms with Crippen molar-refractivity contribution in [2.45, 2.75) is 6.92 Å². The van der Waals surface area contributed by atoms with E-state index in [2.05, 4.69) is 15.2 Å². The van der Waals surface area contributed by atoms with Crippen LogP contribution in [0.25, 0.3) is 0 Å². The second-order valence-corrected chi connectivity index (χ2v) is 5.22. The van der Waals surface area contributed by atoms with Crippen LogP contribution in [0, 0.1) is 16.5 Å². The van der Waals surface area contributed by atoms with E-state index in [4.69, 9.17) is 10.5 Å². The van der Waals surface area contributed by atoms with Crippen molar-refractivity contribution >= 4 is 28.4 Å². The van der Waals surface area contributed by atoms with Crippen molar-refractivity contribution in [2.75, 3.05) is 0 Å². The van der Waals surface area contributed by atoms with Gasteiger partial charge in [0.25, 0.3) is 0 Å². The predicted octanol–water partition coefficient (Wildman–Crippen LogP) is 4.76. The third-order valence-electron chi connectivity index (χ3n) is 2.61. The van der Waals surface area contributed by atoms with Gasteiger partial charge in [-0.2, -0.15) is 0 Å². The van der Waals surface area contributed by atoms with Crippen molar-refractivity contribution in [3.05, 3.63) is 58.5 Å². The van der Waals surface area contributed by atoms with Gasteiger partial charge in [-0.3, -0.25) is 0 Å². The number of aliphatic imine (C=N–C) groups is 1. The molecule has 0 aliphatic rings. The summed E-state index contributed by atoms with van der Waals surface area (Å²) in [4.78, 5) is 18.7. The number of thioether (sulfide) groups is 1. The van der Waals surface area contributed by atoms with Gasteiger partial charge in [0.1, 0.15) is 0 Å². The Bertz CT molecular complexity index is 792. The number of amidine groups is 1. The standard InChI is InChI=1S/C15H12F2N4O2S/c1-2-6-24-15(18)20-13-7-12(11(21-22)8-19-13)23-14-9(16)4-3-5-10(14)17/h2-8H,1H3,(H2,18,19,20)/b6-2+. The lowest BCUT2D eigenvalue weighted by molar-refractivity contribution is 0.408. The maximum atomic E-state index is 13.7. The molecule has 0 unspecified atom stereocenters. The van der Waals surface area contributed by atoms with E-state index in [0.29, 0.717) is 0 Å². The van der Waals surface area contributed by atoms with E-state index < -0.39 is 17.4 Å². The van der Waals surface area contributed by atoms with Crippen LogP contribution in [-0.2, 0) is 0 Å². The van der Waals surface area contributed by atoms with Gasteiger partial charge in [0.15, 0.2) is 39.8 Å². The second-order valence-electron chi connectivity index (χ2n) is 4.29. The molecule has 2 rings (SSSR count). The number of para-hydroxylation sites is 1. The molecule has 0 amide bonds. The van der Waals surface area contributed by atoms with Gasteiger partial charge in [-0.25, -0.2) is 18.8 Å². The molecule has 1 aromatic carbocycles.